The highest BCUT2D eigenvalue weighted by atomic mass is 32.1. The van der Waals surface area contributed by atoms with E-state index >= 15 is 0 Å². The van der Waals surface area contributed by atoms with Crippen LogP contribution >= 0.6 is 12.6 Å². The number of hydrogen-bond acceptors (Lipinski definition) is 11. The van der Waals surface area contributed by atoms with Crippen LogP contribution in [-0.4, -0.2) is 114 Å². The molecular formula is C33H50N10O9S. The molecule has 1 aromatic rings. The first-order chi connectivity index (χ1) is 25.2. The maximum atomic E-state index is 13.9. The van der Waals surface area contributed by atoms with Gasteiger partial charge in [0, 0.05) is 31.2 Å². The molecule has 1 aliphatic rings. The van der Waals surface area contributed by atoms with Crippen molar-refractivity contribution in [2.45, 2.75) is 75.5 Å². The van der Waals surface area contributed by atoms with Gasteiger partial charge in [-0.15, -0.1) is 0 Å². The number of Topliss-reactive ketones (excluding diaryl/α,β-unsaturated/α-hetero) is 1. The highest BCUT2D eigenvalue weighted by Gasteiger charge is 2.33. The summed E-state index contributed by atoms with van der Waals surface area (Å²) in [6.45, 7) is -0.638. The van der Waals surface area contributed by atoms with E-state index in [1.807, 2.05) is 0 Å². The molecule has 2 rings (SSSR count). The van der Waals surface area contributed by atoms with Gasteiger partial charge in [-0.1, -0.05) is 30.3 Å². The number of aliphatic carboxylic acids is 1. The average molecular weight is 763 g/mol. The average Bonchev–Trinajstić information content (AvgIpc) is 3.12. The van der Waals surface area contributed by atoms with Crippen molar-refractivity contribution in [3.63, 3.8) is 0 Å². The number of carbonyl (C=O) groups excluding carboxylic acids is 7. The number of benzene rings is 1. The number of ketones is 1. The van der Waals surface area contributed by atoms with Crippen LogP contribution in [0.2, 0.25) is 0 Å². The van der Waals surface area contributed by atoms with Crippen molar-refractivity contribution < 1.29 is 43.5 Å². The van der Waals surface area contributed by atoms with Gasteiger partial charge < -0.3 is 54.2 Å². The fraction of sp³-hybridized carbons (Fsp3) is 0.545. The van der Waals surface area contributed by atoms with E-state index in [1.54, 1.807) is 30.3 Å². The molecule has 1 saturated heterocycles. The van der Waals surface area contributed by atoms with E-state index in [2.05, 4.69) is 49.5 Å². The lowest BCUT2D eigenvalue weighted by Gasteiger charge is -2.25. The highest BCUT2D eigenvalue weighted by molar-refractivity contribution is 7.80. The lowest BCUT2D eigenvalue weighted by Crippen LogP contribution is -2.55. The normalized spacial score (nSPS) is 20.6. The molecule has 19 nitrogen and oxygen atoms in total. The van der Waals surface area contributed by atoms with Gasteiger partial charge >= 0.3 is 5.97 Å². The number of aliphatic imine (C=N–C) groups is 1. The van der Waals surface area contributed by atoms with E-state index in [-0.39, 0.29) is 57.0 Å². The SMILES string of the molecule is NC(N)=NCCC[C@@H]1NC(=O)[C@H](CCCCNC(=O)CNC(=O)[C@H](N)CS)NC(=O)[C@@H](Cc2ccccc2)CC(=O)[C@H](CC(=O)O)NC(=O)CNC1=O. The Kier molecular flexibility index (Phi) is 19.3. The summed E-state index contributed by atoms with van der Waals surface area (Å²) in [5.74, 6) is -7.25. The Morgan fingerprint density at radius 2 is 1.55 bits per heavy atom. The Bertz CT molecular complexity index is 1480. The number of nitrogens with one attached hydrogen (secondary N) is 6. The van der Waals surface area contributed by atoms with E-state index in [0.29, 0.717) is 18.4 Å². The van der Waals surface area contributed by atoms with Crippen LogP contribution in [0.4, 0.5) is 0 Å². The van der Waals surface area contributed by atoms with Crippen LogP contribution in [0, 0.1) is 5.92 Å². The Morgan fingerprint density at radius 1 is 0.887 bits per heavy atom. The van der Waals surface area contributed by atoms with Crippen LogP contribution in [0.5, 0.6) is 0 Å². The predicted octanol–water partition coefficient (Wildman–Crippen LogP) is -3.42. The van der Waals surface area contributed by atoms with Crippen LogP contribution < -0.4 is 49.1 Å². The van der Waals surface area contributed by atoms with Gasteiger partial charge in [0.15, 0.2) is 11.7 Å². The van der Waals surface area contributed by atoms with E-state index in [0.717, 1.165) is 0 Å². The minimum Gasteiger partial charge on any atom is -0.481 e. The van der Waals surface area contributed by atoms with Crippen LogP contribution in [0.25, 0.3) is 0 Å². The molecule has 53 heavy (non-hydrogen) atoms. The number of nitrogens with zero attached hydrogens (tertiary/aromatic N) is 1. The molecule has 0 unspecified atom stereocenters. The Hall–Kier alpha value is -5.24. The second kappa shape index (κ2) is 23.3. The molecular weight excluding hydrogens is 712 g/mol. The molecule has 1 aromatic carbocycles. The lowest BCUT2D eigenvalue weighted by molar-refractivity contribution is -0.140. The van der Waals surface area contributed by atoms with E-state index in [9.17, 15) is 43.5 Å². The minimum atomic E-state index is -1.50. The van der Waals surface area contributed by atoms with Crippen molar-refractivity contribution in [3.05, 3.63) is 35.9 Å². The van der Waals surface area contributed by atoms with E-state index in [4.69, 9.17) is 17.2 Å². The van der Waals surface area contributed by atoms with Crippen LogP contribution in [0.1, 0.15) is 50.5 Å². The summed E-state index contributed by atoms with van der Waals surface area (Å²) in [7, 11) is 0. The number of amides is 6. The summed E-state index contributed by atoms with van der Waals surface area (Å²) >= 11 is 3.94. The van der Waals surface area contributed by atoms with E-state index < -0.39 is 96.7 Å². The van der Waals surface area contributed by atoms with Crippen molar-refractivity contribution in [1.29, 1.82) is 0 Å². The van der Waals surface area contributed by atoms with Crippen molar-refractivity contribution in [1.82, 2.24) is 31.9 Å². The summed E-state index contributed by atoms with van der Waals surface area (Å²) < 4.78 is 0. The van der Waals surface area contributed by atoms with Gasteiger partial charge in [0.25, 0.3) is 0 Å². The molecule has 0 aromatic heterocycles. The zero-order valence-electron chi connectivity index (χ0n) is 29.3. The van der Waals surface area contributed by atoms with Gasteiger partial charge in [0.2, 0.25) is 35.4 Å². The van der Waals surface area contributed by atoms with Crippen LogP contribution in [0.3, 0.4) is 0 Å². The molecule has 20 heteroatoms. The number of thiol groups is 1. The number of unbranched alkanes of at least 4 members (excludes halogenated alkanes) is 1. The van der Waals surface area contributed by atoms with Crippen molar-refractivity contribution in [3.8, 4) is 0 Å². The summed E-state index contributed by atoms with van der Waals surface area (Å²) in [5, 5.41) is 24.6. The topological polar surface area (TPSA) is 319 Å². The summed E-state index contributed by atoms with van der Waals surface area (Å²) in [6.07, 6.45) is -0.183. The molecule has 1 fully saturated rings. The molecule has 1 heterocycles. The third kappa shape index (κ3) is 17.2. The third-order valence-corrected chi connectivity index (χ3v) is 8.47. The molecule has 0 saturated carbocycles. The van der Waals surface area contributed by atoms with Crippen molar-refractivity contribution >= 4 is 65.8 Å². The van der Waals surface area contributed by atoms with Gasteiger partial charge in [0.05, 0.1) is 31.6 Å². The molecule has 0 bridgehead atoms. The fourth-order valence-corrected chi connectivity index (χ4v) is 5.41. The number of rotatable bonds is 17. The molecule has 6 amide bonds. The lowest BCUT2D eigenvalue weighted by atomic mass is 9.90. The summed E-state index contributed by atoms with van der Waals surface area (Å²) in [5.41, 5.74) is 17.0. The smallest absolute Gasteiger partial charge is 0.305 e. The molecule has 0 aliphatic carbocycles. The largest absolute Gasteiger partial charge is 0.481 e. The first kappa shape index (κ1) is 43.9. The van der Waals surface area contributed by atoms with Crippen LogP contribution in [0.15, 0.2) is 35.3 Å². The number of nitrogens with two attached hydrogens (primary N) is 3. The first-order valence-electron chi connectivity index (χ1n) is 17.1. The van der Waals surface area contributed by atoms with Gasteiger partial charge in [-0.2, -0.15) is 12.6 Å². The molecule has 13 N–H and O–H groups in total. The molecule has 292 valence electrons. The van der Waals surface area contributed by atoms with Gasteiger partial charge in [-0.3, -0.25) is 43.3 Å². The Labute approximate surface area is 312 Å². The summed E-state index contributed by atoms with van der Waals surface area (Å²) in [4.78, 5) is 107. The van der Waals surface area contributed by atoms with Crippen LogP contribution in [-0.2, 0) is 44.8 Å². The highest BCUT2D eigenvalue weighted by Crippen LogP contribution is 2.17. The minimum absolute atomic E-state index is 0.0366. The zero-order valence-corrected chi connectivity index (χ0v) is 30.2. The summed E-state index contributed by atoms with van der Waals surface area (Å²) in [6, 6.07) is 3.97. The Balaban J connectivity index is 2.33. The fourth-order valence-electron chi connectivity index (χ4n) is 5.25. The number of carboxylic acid groups (broad SMARTS) is 1. The third-order valence-electron chi connectivity index (χ3n) is 8.08. The van der Waals surface area contributed by atoms with Gasteiger partial charge in [0.1, 0.15) is 12.1 Å². The second-order valence-corrected chi connectivity index (χ2v) is 12.8. The monoisotopic (exact) mass is 762 g/mol. The van der Waals surface area contributed by atoms with Crippen molar-refractivity contribution in [2.24, 2.45) is 28.1 Å². The maximum absolute atomic E-state index is 13.9. The number of carboxylic acids is 1. The van der Waals surface area contributed by atoms with Gasteiger partial charge in [-0.25, -0.2) is 0 Å². The quantitative estimate of drug-likeness (QED) is 0.0320. The van der Waals surface area contributed by atoms with E-state index in [1.165, 1.54) is 0 Å². The number of carbonyl (C=O) groups is 8. The molecule has 5 atom stereocenters. The standard InChI is InChI=1S/C33H50N10O9S/c34-21(18-53)30(50)39-16-26(45)37-11-5-4-9-23-32(52)43-22(10-6-12-38-33(35)36)31(51)40-17-27(46)41-24(15-28(47)48)25(44)14-20(29(49)42-23)13-19-7-2-1-3-8-19/h1-3,7-8,20-24,53H,4-6,9-18,34H2,(H,37,45)(H,39,50)(H,40,51)(H,41,46)(H,42,49)(H,43,52)(H,47,48)(H4,35,36,38)/t20-,21+,22-,23-,24-/m0/s1. The second-order valence-electron chi connectivity index (χ2n) is 12.4. The molecule has 1 aliphatic heterocycles. The number of guanidine groups is 1. The van der Waals surface area contributed by atoms with Crippen molar-refractivity contribution in [2.75, 3.05) is 31.9 Å². The first-order valence-corrected chi connectivity index (χ1v) is 17.8. The molecule has 0 radical (unpaired) electrons. The predicted molar refractivity (Wildman–Crippen MR) is 196 cm³/mol. The maximum Gasteiger partial charge on any atom is 0.305 e. The zero-order chi connectivity index (χ0) is 39.3. The van der Waals surface area contributed by atoms with Gasteiger partial charge in [-0.05, 0) is 44.1 Å². The molecule has 0 spiro atoms. The number of hydrogen-bond donors (Lipinski definition) is 11. The Morgan fingerprint density at radius 3 is 2.21 bits per heavy atom.